The van der Waals surface area contributed by atoms with E-state index in [1.54, 1.807) is 0 Å². The third-order valence-corrected chi connectivity index (χ3v) is 4.12. The molecular formula is C23H29NO2. The van der Waals surface area contributed by atoms with Gasteiger partial charge in [0, 0.05) is 18.7 Å². The Morgan fingerprint density at radius 2 is 1.73 bits per heavy atom. The summed E-state index contributed by atoms with van der Waals surface area (Å²) in [6, 6.07) is 18.0. The van der Waals surface area contributed by atoms with Gasteiger partial charge in [-0.2, -0.15) is 0 Å². The molecule has 2 rings (SSSR count). The van der Waals surface area contributed by atoms with Crippen LogP contribution < -0.4 is 9.64 Å². The maximum atomic E-state index is 12.8. The van der Waals surface area contributed by atoms with E-state index in [0.29, 0.717) is 19.6 Å². The van der Waals surface area contributed by atoms with Crippen molar-refractivity contribution in [3.05, 3.63) is 65.7 Å². The molecular weight excluding hydrogens is 322 g/mol. The molecule has 0 radical (unpaired) electrons. The topological polar surface area (TPSA) is 29.5 Å². The minimum atomic E-state index is 0.164. The Kier molecular flexibility index (Phi) is 7.94. The summed E-state index contributed by atoms with van der Waals surface area (Å²) in [5.41, 5.74) is 3.21. The van der Waals surface area contributed by atoms with Gasteiger partial charge in [0.1, 0.15) is 5.75 Å². The third-order valence-electron chi connectivity index (χ3n) is 4.12. The highest BCUT2D eigenvalue weighted by Gasteiger charge is 2.16. The molecule has 0 aliphatic carbocycles. The minimum absolute atomic E-state index is 0.164. The maximum Gasteiger partial charge on any atom is 0.227 e. The number of hydrogen-bond acceptors (Lipinski definition) is 2. The molecule has 0 fully saturated rings. The van der Waals surface area contributed by atoms with Gasteiger partial charge in [0.2, 0.25) is 5.91 Å². The zero-order chi connectivity index (χ0) is 18.8. The lowest BCUT2D eigenvalue weighted by Crippen LogP contribution is -2.32. The molecule has 0 N–H and O–H groups in total. The molecule has 138 valence electrons. The van der Waals surface area contributed by atoms with Crippen molar-refractivity contribution >= 4 is 17.7 Å². The van der Waals surface area contributed by atoms with Crippen molar-refractivity contribution < 1.29 is 9.53 Å². The first kappa shape index (κ1) is 19.8. The molecule has 2 aromatic carbocycles. The van der Waals surface area contributed by atoms with Gasteiger partial charge in [-0.1, -0.05) is 55.3 Å². The number of carbonyl (C=O) groups is 1. The average Bonchev–Trinajstić information content (AvgIpc) is 2.66. The van der Waals surface area contributed by atoms with Gasteiger partial charge in [0.25, 0.3) is 0 Å². The van der Waals surface area contributed by atoms with Crippen molar-refractivity contribution in [2.45, 2.75) is 40.0 Å². The van der Waals surface area contributed by atoms with Crippen LogP contribution in [0.15, 0.2) is 60.2 Å². The molecule has 0 atom stereocenters. The highest BCUT2D eigenvalue weighted by Crippen LogP contribution is 2.22. The van der Waals surface area contributed by atoms with E-state index >= 15 is 0 Å². The molecule has 3 nitrogen and oxygen atoms in total. The van der Waals surface area contributed by atoms with Crippen LogP contribution in [0.4, 0.5) is 5.69 Å². The van der Waals surface area contributed by atoms with E-state index in [1.165, 1.54) is 0 Å². The van der Waals surface area contributed by atoms with Crippen LogP contribution in [0, 0.1) is 0 Å². The highest BCUT2D eigenvalue weighted by molar-refractivity contribution is 5.94. The van der Waals surface area contributed by atoms with Crippen LogP contribution in [0.25, 0.3) is 6.08 Å². The lowest BCUT2D eigenvalue weighted by atomic mass is 10.1. The first-order valence-corrected chi connectivity index (χ1v) is 9.39. The Bertz CT molecular complexity index is 705. The number of nitrogens with zero attached hydrogens (tertiary/aromatic N) is 1. The summed E-state index contributed by atoms with van der Waals surface area (Å²) >= 11 is 0. The van der Waals surface area contributed by atoms with E-state index in [1.807, 2.05) is 54.3 Å². The number of ether oxygens (including phenoxy) is 1. The molecule has 1 amide bonds. The average molecular weight is 351 g/mol. The predicted molar refractivity (Wildman–Crippen MR) is 110 cm³/mol. The van der Waals surface area contributed by atoms with E-state index in [-0.39, 0.29) is 5.91 Å². The van der Waals surface area contributed by atoms with Gasteiger partial charge in [-0.3, -0.25) is 4.79 Å². The van der Waals surface area contributed by atoms with Gasteiger partial charge in [-0.15, -0.1) is 0 Å². The first-order chi connectivity index (χ1) is 12.6. The zero-order valence-corrected chi connectivity index (χ0v) is 16.1. The van der Waals surface area contributed by atoms with Crippen LogP contribution >= 0.6 is 0 Å². The summed E-state index contributed by atoms with van der Waals surface area (Å²) in [6.07, 6.45) is 4.63. The second-order valence-corrected chi connectivity index (χ2v) is 6.41. The monoisotopic (exact) mass is 351 g/mol. The minimum Gasteiger partial charge on any atom is -0.494 e. The van der Waals surface area contributed by atoms with Crippen LogP contribution in [0.1, 0.15) is 45.6 Å². The molecule has 0 unspecified atom stereocenters. The van der Waals surface area contributed by atoms with Crippen LogP contribution in [0.2, 0.25) is 0 Å². The van der Waals surface area contributed by atoms with Crippen molar-refractivity contribution in [2.75, 3.05) is 18.1 Å². The summed E-state index contributed by atoms with van der Waals surface area (Å²) in [5, 5.41) is 0. The number of rotatable bonds is 9. The third kappa shape index (κ3) is 6.07. The Morgan fingerprint density at radius 1 is 1.04 bits per heavy atom. The molecule has 0 aliphatic rings. The summed E-state index contributed by atoms with van der Waals surface area (Å²) in [6.45, 7) is 7.37. The standard InChI is InChI=1S/C23H29NO2/c1-4-6-12-23(25)24(21-13-15-22(16-14-21)26-5-2)18-19(3)17-20-10-8-7-9-11-20/h7-11,13-17H,4-6,12,18H2,1-3H3/b19-17+. The van der Waals surface area contributed by atoms with Crippen molar-refractivity contribution in [3.63, 3.8) is 0 Å². The van der Waals surface area contributed by atoms with Gasteiger partial charge in [0.15, 0.2) is 0 Å². The fraction of sp³-hybridized carbons (Fsp3) is 0.348. The van der Waals surface area contributed by atoms with Crippen LogP contribution in [-0.2, 0) is 4.79 Å². The van der Waals surface area contributed by atoms with Gasteiger partial charge in [0.05, 0.1) is 6.61 Å². The Hall–Kier alpha value is -2.55. The lowest BCUT2D eigenvalue weighted by Gasteiger charge is -2.24. The number of hydrogen-bond donors (Lipinski definition) is 0. The Balaban J connectivity index is 2.20. The van der Waals surface area contributed by atoms with Gasteiger partial charge >= 0.3 is 0 Å². The largest absolute Gasteiger partial charge is 0.494 e. The summed E-state index contributed by atoms with van der Waals surface area (Å²) < 4.78 is 5.51. The Labute approximate surface area is 157 Å². The quantitative estimate of drug-likeness (QED) is 0.579. The number of anilines is 1. The zero-order valence-electron chi connectivity index (χ0n) is 16.1. The van der Waals surface area contributed by atoms with Gasteiger partial charge in [-0.05, 0) is 50.1 Å². The Morgan fingerprint density at radius 3 is 2.35 bits per heavy atom. The molecule has 2 aromatic rings. The molecule has 0 aromatic heterocycles. The van der Waals surface area contributed by atoms with Crippen molar-refractivity contribution in [1.82, 2.24) is 0 Å². The summed E-state index contributed by atoms with van der Waals surface area (Å²) in [5.74, 6) is 0.991. The number of carbonyl (C=O) groups excluding carboxylic acids is 1. The fourth-order valence-electron chi connectivity index (χ4n) is 2.80. The van der Waals surface area contributed by atoms with E-state index < -0.39 is 0 Å². The van der Waals surface area contributed by atoms with Gasteiger partial charge in [-0.25, -0.2) is 0 Å². The highest BCUT2D eigenvalue weighted by atomic mass is 16.5. The second kappa shape index (κ2) is 10.4. The molecule has 3 heteroatoms. The normalized spacial score (nSPS) is 11.3. The molecule has 0 aliphatic heterocycles. The second-order valence-electron chi connectivity index (χ2n) is 6.41. The van der Waals surface area contributed by atoms with Crippen LogP contribution in [0.5, 0.6) is 5.75 Å². The first-order valence-electron chi connectivity index (χ1n) is 9.39. The maximum absolute atomic E-state index is 12.8. The van der Waals surface area contributed by atoms with Crippen molar-refractivity contribution in [1.29, 1.82) is 0 Å². The fourth-order valence-corrected chi connectivity index (χ4v) is 2.80. The van der Waals surface area contributed by atoms with Crippen LogP contribution in [0.3, 0.4) is 0 Å². The van der Waals surface area contributed by atoms with E-state index in [0.717, 1.165) is 35.4 Å². The van der Waals surface area contributed by atoms with E-state index in [2.05, 4.69) is 32.1 Å². The smallest absolute Gasteiger partial charge is 0.227 e. The summed E-state index contributed by atoms with van der Waals surface area (Å²) in [7, 11) is 0. The van der Waals surface area contributed by atoms with Crippen LogP contribution in [-0.4, -0.2) is 19.1 Å². The summed E-state index contributed by atoms with van der Waals surface area (Å²) in [4.78, 5) is 14.6. The molecule has 26 heavy (non-hydrogen) atoms. The molecule has 0 heterocycles. The van der Waals surface area contributed by atoms with Crippen molar-refractivity contribution in [2.24, 2.45) is 0 Å². The SMILES string of the molecule is CCCCC(=O)N(C/C(C)=C/c1ccccc1)c1ccc(OCC)cc1. The van der Waals surface area contributed by atoms with Crippen molar-refractivity contribution in [3.8, 4) is 5.75 Å². The number of unbranched alkanes of at least 4 members (excludes halogenated alkanes) is 1. The van der Waals surface area contributed by atoms with E-state index in [4.69, 9.17) is 4.74 Å². The molecule has 0 spiro atoms. The molecule has 0 bridgehead atoms. The lowest BCUT2D eigenvalue weighted by molar-refractivity contribution is -0.118. The number of amides is 1. The predicted octanol–water partition coefficient (Wildman–Crippen LogP) is 5.71. The van der Waals surface area contributed by atoms with Gasteiger partial charge < -0.3 is 9.64 Å². The number of benzene rings is 2. The molecule has 0 saturated carbocycles. The van der Waals surface area contributed by atoms with E-state index in [9.17, 15) is 4.79 Å². The molecule has 0 saturated heterocycles.